The van der Waals surface area contributed by atoms with E-state index in [4.69, 9.17) is 16.3 Å². The molecule has 1 aromatic rings. The maximum absolute atomic E-state index is 13.6. The molecule has 1 heterocycles. The van der Waals surface area contributed by atoms with E-state index in [0.717, 1.165) is 17.6 Å². The molecule has 0 aliphatic carbocycles. The lowest BCUT2D eigenvalue weighted by Gasteiger charge is -2.32. The third-order valence-electron chi connectivity index (χ3n) is 2.80. The first-order valence-electron chi connectivity index (χ1n) is 5.53. The predicted octanol–water partition coefficient (Wildman–Crippen LogP) is 3.03. The van der Waals surface area contributed by atoms with Crippen molar-refractivity contribution >= 4 is 27.5 Å². The molecule has 1 saturated heterocycles. The zero-order chi connectivity index (χ0) is 12.3. The second-order valence-corrected chi connectivity index (χ2v) is 5.34. The van der Waals surface area contributed by atoms with Crippen LogP contribution in [0.4, 0.5) is 4.39 Å². The summed E-state index contributed by atoms with van der Waals surface area (Å²) in [5.74, 6) is 0.319. The number of alkyl halides is 1. The fourth-order valence-electron chi connectivity index (χ4n) is 1.92. The molecule has 0 N–H and O–H groups in total. The second kappa shape index (κ2) is 6.14. The SMILES string of the molecule is Fc1ccc(Br)cc1CN1CCOC(CCl)C1. The number of rotatable bonds is 3. The maximum Gasteiger partial charge on any atom is 0.127 e. The minimum absolute atomic E-state index is 0.0561. The van der Waals surface area contributed by atoms with Gasteiger partial charge in [0, 0.05) is 35.6 Å². The van der Waals surface area contributed by atoms with Gasteiger partial charge in [0.2, 0.25) is 0 Å². The van der Waals surface area contributed by atoms with E-state index in [1.54, 1.807) is 6.07 Å². The predicted molar refractivity (Wildman–Crippen MR) is 69.8 cm³/mol. The molecule has 0 saturated carbocycles. The van der Waals surface area contributed by atoms with Gasteiger partial charge in [0.25, 0.3) is 0 Å². The fourth-order valence-corrected chi connectivity index (χ4v) is 2.52. The number of benzene rings is 1. The van der Waals surface area contributed by atoms with E-state index in [-0.39, 0.29) is 11.9 Å². The van der Waals surface area contributed by atoms with Gasteiger partial charge in [-0.2, -0.15) is 0 Å². The summed E-state index contributed by atoms with van der Waals surface area (Å²) in [6.07, 6.45) is 0.0561. The molecular weight excluding hydrogens is 308 g/mol. The van der Waals surface area contributed by atoms with Crippen molar-refractivity contribution in [1.29, 1.82) is 0 Å². The third-order valence-corrected chi connectivity index (χ3v) is 3.63. The molecule has 94 valence electrons. The van der Waals surface area contributed by atoms with Crippen molar-refractivity contribution in [3.63, 3.8) is 0 Å². The number of ether oxygens (including phenoxy) is 1. The minimum atomic E-state index is -0.165. The Balaban J connectivity index is 2.02. The van der Waals surface area contributed by atoms with Crippen LogP contribution in [0.15, 0.2) is 22.7 Å². The molecule has 1 atom stereocenters. The molecule has 0 bridgehead atoms. The quantitative estimate of drug-likeness (QED) is 0.793. The van der Waals surface area contributed by atoms with Gasteiger partial charge in [-0.05, 0) is 18.2 Å². The lowest BCUT2D eigenvalue weighted by Crippen LogP contribution is -2.42. The smallest absolute Gasteiger partial charge is 0.127 e. The van der Waals surface area contributed by atoms with E-state index in [2.05, 4.69) is 20.8 Å². The van der Waals surface area contributed by atoms with Crippen LogP contribution in [0.3, 0.4) is 0 Å². The molecule has 0 amide bonds. The molecule has 0 aromatic heterocycles. The Morgan fingerprint density at radius 3 is 3.12 bits per heavy atom. The van der Waals surface area contributed by atoms with Crippen LogP contribution in [0.25, 0.3) is 0 Å². The Bertz CT molecular complexity index is 391. The average molecular weight is 323 g/mol. The molecule has 2 rings (SSSR count). The van der Waals surface area contributed by atoms with Crippen LogP contribution in [-0.2, 0) is 11.3 Å². The summed E-state index contributed by atoms with van der Waals surface area (Å²) >= 11 is 9.13. The molecule has 1 aromatic carbocycles. The molecule has 17 heavy (non-hydrogen) atoms. The standard InChI is InChI=1S/C12H14BrClFNO/c13-10-1-2-12(15)9(5-10)7-16-3-4-17-11(6-14)8-16/h1-2,5,11H,3-4,6-8H2. The first-order valence-corrected chi connectivity index (χ1v) is 6.85. The second-order valence-electron chi connectivity index (χ2n) is 4.12. The Labute approximate surface area is 114 Å². The minimum Gasteiger partial charge on any atom is -0.374 e. The van der Waals surface area contributed by atoms with Crippen molar-refractivity contribution in [2.45, 2.75) is 12.6 Å². The molecule has 1 fully saturated rings. The van der Waals surface area contributed by atoms with E-state index in [1.807, 2.05) is 6.07 Å². The molecular formula is C12H14BrClFNO. The number of halogens is 3. The lowest BCUT2D eigenvalue weighted by molar-refractivity contribution is -0.0197. The van der Waals surface area contributed by atoms with Crippen LogP contribution < -0.4 is 0 Å². The van der Waals surface area contributed by atoms with Crippen LogP contribution in [0, 0.1) is 5.82 Å². The van der Waals surface area contributed by atoms with Gasteiger partial charge in [-0.25, -0.2) is 4.39 Å². The Morgan fingerprint density at radius 2 is 2.35 bits per heavy atom. The zero-order valence-electron chi connectivity index (χ0n) is 9.33. The first kappa shape index (κ1) is 13.3. The molecule has 1 aliphatic rings. The van der Waals surface area contributed by atoms with Gasteiger partial charge in [-0.3, -0.25) is 4.90 Å². The summed E-state index contributed by atoms with van der Waals surface area (Å²) in [6.45, 7) is 2.84. The molecule has 0 radical (unpaired) electrons. The van der Waals surface area contributed by atoms with E-state index < -0.39 is 0 Å². The summed E-state index contributed by atoms with van der Waals surface area (Å²) in [5.41, 5.74) is 0.703. The van der Waals surface area contributed by atoms with Gasteiger partial charge < -0.3 is 4.74 Å². The van der Waals surface area contributed by atoms with Crippen LogP contribution in [-0.4, -0.2) is 36.6 Å². The van der Waals surface area contributed by atoms with Crippen molar-refractivity contribution < 1.29 is 9.13 Å². The van der Waals surface area contributed by atoms with E-state index >= 15 is 0 Å². The van der Waals surface area contributed by atoms with Gasteiger partial charge >= 0.3 is 0 Å². The van der Waals surface area contributed by atoms with Crippen LogP contribution >= 0.6 is 27.5 Å². The molecule has 5 heteroatoms. The van der Waals surface area contributed by atoms with Crippen molar-refractivity contribution in [2.24, 2.45) is 0 Å². The van der Waals surface area contributed by atoms with Gasteiger partial charge in [-0.15, -0.1) is 11.6 Å². The molecule has 1 unspecified atom stereocenters. The Hall–Kier alpha value is -0.160. The van der Waals surface area contributed by atoms with Crippen molar-refractivity contribution in [1.82, 2.24) is 4.90 Å². The molecule has 0 spiro atoms. The third kappa shape index (κ3) is 3.65. The summed E-state index contributed by atoms with van der Waals surface area (Å²) in [6, 6.07) is 5.01. The number of nitrogens with zero attached hydrogens (tertiary/aromatic N) is 1. The normalized spacial score (nSPS) is 21.7. The maximum atomic E-state index is 13.6. The highest BCUT2D eigenvalue weighted by Crippen LogP contribution is 2.18. The van der Waals surface area contributed by atoms with Gasteiger partial charge in [0.1, 0.15) is 5.82 Å². The van der Waals surface area contributed by atoms with Crippen molar-refractivity contribution in [2.75, 3.05) is 25.6 Å². The van der Waals surface area contributed by atoms with E-state index in [1.165, 1.54) is 6.07 Å². The summed E-state index contributed by atoms with van der Waals surface area (Å²) < 4.78 is 20.0. The van der Waals surface area contributed by atoms with E-state index in [0.29, 0.717) is 24.6 Å². The summed E-state index contributed by atoms with van der Waals surface area (Å²) in [7, 11) is 0. The molecule has 2 nitrogen and oxygen atoms in total. The molecule has 1 aliphatic heterocycles. The number of hydrogen-bond donors (Lipinski definition) is 0. The number of hydrogen-bond acceptors (Lipinski definition) is 2. The first-order chi connectivity index (χ1) is 8.19. The Kier molecular flexibility index (Phi) is 4.79. The highest BCUT2D eigenvalue weighted by molar-refractivity contribution is 9.10. The topological polar surface area (TPSA) is 12.5 Å². The lowest BCUT2D eigenvalue weighted by atomic mass is 10.2. The highest BCUT2D eigenvalue weighted by Gasteiger charge is 2.20. The van der Waals surface area contributed by atoms with E-state index in [9.17, 15) is 4.39 Å². The highest BCUT2D eigenvalue weighted by atomic mass is 79.9. The van der Waals surface area contributed by atoms with Gasteiger partial charge in [0.05, 0.1) is 12.7 Å². The number of morpholine rings is 1. The van der Waals surface area contributed by atoms with Crippen molar-refractivity contribution in [3.8, 4) is 0 Å². The monoisotopic (exact) mass is 321 g/mol. The summed E-state index contributed by atoms with van der Waals surface area (Å²) in [4.78, 5) is 2.17. The van der Waals surface area contributed by atoms with Crippen molar-refractivity contribution in [3.05, 3.63) is 34.1 Å². The largest absolute Gasteiger partial charge is 0.374 e. The Morgan fingerprint density at radius 1 is 1.53 bits per heavy atom. The zero-order valence-corrected chi connectivity index (χ0v) is 11.7. The summed E-state index contributed by atoms with van der Waals surface area (Å²) in [5, 5.41) is 0. The van der Waals surface area contributed by atoms with Crippen LogP contribution in [0.1, 0.15) is 5.56 Å². The average Bonchev–Trinajstić information content (AvgIpc) is 2.34. The van der Waals surface area contributed by atoms with Crippen LogP contribution in [0.5, 0.6) is 0 Å². The fraction of sp³-hybridized carbons (Fsp3) is 0.500. The van der Waals surface area contributed by atoms with Crippen LogP contribution in [0.2, 0.25) is 0 Å². The van der Waals surface area contributed by atoms with Gasteiger partial charge in [0.15, 0.2) is 0 Å². The van der Waals surface area contributed by atoms with Gasteiger partial charge in [-0.1, -0.05) is 15.9 Å².